The minimum atomic E-state index is -0.719. The average molecular weight is 359 g/mol. The monoisotopic (exact) mass is 358 g/mol. The van der Waals surface area contributed by atoms with Gasteiger partial charge >= 0.3 is 12.0 Å². The largest absolute Gasteiger partial charge is 0.452 e. The van der Waals surface area contributed by atoms with Gasteiger partial charge in [0.1, 0.15) is 0 Å². The summed E-state index contributed by atoms with van der Waals surface area (Å²) in [5.41, 5.74) is 0.176. The van der Waals surface area contributed by atoms with Gasteiger partial charge in [-0.2, -0.15) is 0 Å². The lowest BCUT2D eigenvalue weighted by molar-refractivity contribution is -0.123. The van der Waals surface area contributed by atoms with E-state index in [9.17, 15) is 14.4 Å². The minimum absolute atomic E-state index is 0.0570. The van der Waals surface area contributed by atoms with Crippen molar-refractivity contribution in [2.45, 2.75) is 31.2 Å². The lowest BCUT2D eigenvalue weighted by Crippen LogP contribution is -2.44. The predicted molar refractivity (Wildman–Crippen MR) is 89.9 cm³/mol. The van der Waals surface area contributed by atoms with Crippen LogP contribution in [0.5, 0.6) is 0 Å². The van der Waals surface area contributed by atoms with E-state index < -0.39 is 24.5 Å². The van der Waals surface area contributed by atoms with Crippen molar-refractivity contribution in [3.05, 3.63) is 28.8 Å². The van der Waals surface area contributed by atoms with E-state index in [0.717, 1.165) is 11.3 Å². The number of hydrogen-bond acceptors (Lipinski definition) is 5. The van der Waals surface area contributed by atoms with Gasteiger partial charge < -0.3 is 10.1 Å². The number of hydrogen-bond donors (Lipinski definition) is 2. The quantitative estimate of drug-likeness (QED) is 0.603. The Bertz CT molecular complexity index is 595. The molecule has 0 radical (unpaired) electrons. The second-order valence-electron chi connectivity index (χ2n) is 4.75. The Morgan fingerprint density at radius 1 is 1.35 bits per heavy atom. The van der Waals surface area contributed by atoms with Crippen molar-refractivity contribution in [2.75, 3.05) is 12.9 Å². The van der Waals surface area contributed by atoms with Gasteiger partial charge in [-0.25, -0.2) is 9.59 Å². The number of urea groups is 1. The SMILES string of the molecule is CC[C@@H](C)NC(=O)NC(=O)COC(=O)c1cc(SC)ccc1Cl. The standard InChI is InChI=1S/C15H19ClN2O4S/c1-4-9(2)17-15(21)18-13(19)8-22-14(20)11-7-10(23-3)5-6-12(11)16/h5-7,9H,4,8H2,1-3H3,(H2,17,18,19,21)/t9-/m1/s1. The normalized spacial score (nSPS) is 11.5. The number of carbonyl (C=O) groups excluding carboxylic acids is 3. The molecular formula is C15H19ClN2O4S. The lowest BCUT2D eigenvalue weighted by atomic mass is 10.2. The number of nitrogens with one attached hydrogen (secondary N) is 2. The first-order valence-electron chi connectivity index (χ1n) is 6.98. The van der Waals surface area contributed by atoms with Crippen LogP contribution in [0.4, 0.5) is 4.79 Å². The summed E-state index contributed by atoms with van der Waals surface area (Å²) in [7, 11) is 0. The number of amides is 3. The molecule has 0 aliphatic carbocycles. The second-order valence-corrected chi connectivity index (χ2v) is 6.04. The van der Waals surface area contributed by atoms with Crippen molar-refractivity contribution >= 4 is 41.3 Å². The number of thioether (sulfide) groups is 1. The highest BCUT2D eigenvalue weighted by Crippen LogP contribution is 2.23. The highest BCUT2D eigenvalue weighted by atomic mass is 35.5. The summed E-state index contributed by atoms with van der Waals surface area (Å²) in [6.07, 6.45) is 2.60. The van der Waals surface area contributed by atoms with Crippen molar-refractivity contribution in [1.82, 2.24) is 10.6 Å². The van der Waals surface area contributed by atoms with E-state index in [2.05, 4.69) is 10.6 Å². The van der Waals surface area contributed by atoms with Gasteiger partial charge in [-0.15, -0.1) is 11.8 Å². The Kier molecular flexibility index (Phi) is 7.91. The number of benzene rings is 1. The molecule has 0 aromatic heterocycles. The molecule has 1 aromatic rings. The van der Waals surface area contributed by atoms with Gasteiger partial charge in [0.25, 0.3) is 5.91 Å². The third-order valence-electron chi connectivity index (χ3n) is 2.97. The maximum atomic E-state index is 12.0. The van der Waals surface area contributed by atoms with Crippen molar-refractivity contribution in [1.29, 1.82) is 0 Å². The number of carbonyl (C=O) groups is 3. The molecule has 0 spiro atoms. The zero-order chi connectivity index (χ0) is 17.4. The molecule has 0 fully saturated rings. The Morgan fingerprint density at radius 2 is 2.04 bits per heavy atom. The van der Waals surface area contributed by atoms with Crippen molar-refractivity contribution in [3.63, 3.8) is 0 Å². The van der Waals surface area contributed by atoms with Crippen LogP contribution in [0.25, 0.3) is 0 Å². The maximum Gasteiger partial charge on any atom is 0.340 e. The Labute approximate surface area is 144 Å². The number of halogens is 1. The molecule has 0 heterocycles. The number of esters is 1. The van der Waals surface area contributed by atoms with E-state index in [1.165, 1.54) is 11.8 Å². The molecule has 3 amide bonds. The predicted octanol–water partition coefficient (Wildman–Crippen LogP) is 2.84. The average Bonchev–Trinajstić information content (AvgIpc) is 2.52. The van der Waals surface area contributed by atoms with Crippen molar-refractivity contribution in [2.24, 2.45) is 0 Å². The Balaban J connectivity index is 2.53. The molecule has 0 aliphatic rings. The molecule has 0 saturated carbocycles. The van der Waals surface area contributed by atoms with E-state index in [1.807, 2.05) is 20.1 Å². The molecule has 126 valence electrons. The fourth-order valence-electron chi connectivity index (χ4n) is 1.52. The highest BCUT2D eigenvalue weighted by molar-refractivity contribution is 7.98. The van der Waals surface area contributed by atoms with Crippen LogP contribution in [-0.2, 0) is 9.53 Å². The second kappa shape index (κ2) is 9.42. The zero-order valence-electron chi connectivity index (χ0n) is 13.1. The van der Waals surface area contributed by atoms with Crippen LogP contribution in [0.2, 0.25) is 5.02 Å². The molecule has 1 aromatic carbocycles. The van der Waals surface area contributed by atoms with Crippen LogP contribution in [-0.4, -0.2) is 36.8 Å². The third-order valence-corrected chi connectivity index (χ3v) is 4.03. The molecule has 23 heavy (non-hydrogen) atoms. The molecule has 0 aliphatic heterocycles. The van der Waals surface area contributed by atoms with Crippen molar-refractivity contribution < 1.29 is 19.1 Å². The van der Waals surface area contributed by atoms with E-state index >= 15 is 0 Å². The molecule has 0 unspecified atom stereocenters. The van der Waals surface area contributed by atoms with Gasteiger partial charge in [0, 0.05) is 10.9 Å². The van der Waals surface area contributed by atoms with Gasteiger partial charge in [0.05, 0.1) is 10.6 Å². The van der Waals surface area contributed by atoms with Gasteiger partial charge in [0.15, 0.2) is 6.61 Å². The molecule has 1 atom stereocenters. The summed E-state index contributed by atoms with van der Waals surface area (Å²) in [6.45, 7) is 3.15. The van der Waals surface area contributed by atoms with Gasteiger partial charge in [-0.3, -0.25) is 10.1 Å². The Morgan fingerprint density at radius 3 is 2.65 bits per heavy atom. The van der Waals surface area contributed by atoms with Gasteiger partial charge in [-0.05, 0) is 37.8 Å². The lowest BCUT2D eigenvalue weighted by Gasteiger charge is -2.12. The van der Waals surface area contributed by atoms with Crippen LogP contribution >= 0.6 is 23.4 Å². The van der Waals surface area contributed by atoms with Gasteiger partial charge in [0.2, 0.25) is 0 Å². The summed E-state index contributed by atoms with van der Waals surface area (Å²) in [4.78, 5) is 35.8. The summed E-state index contributed by atoms with van der Waals surface area (Å²) in [6, 6.07) is 4.27. The zero-order valence-corrected chi connectivity index (χ0v) is 14.7. The van der Waals surface area contributed by atoms with Crippen LogP contribution in [0, 0.1) is 0 Å². The van der Waals surface area contributed by atoms with E-state index in [0.29, 0.717) is 0 Å². The topological polar surface area (TPSA) is 84.5 Å². The smallest absolute Gasteiger partial charge is 0.340 e. The minimum Gasteiger partial charge on any atom is -0.452 e. The number of imide groups is 1. The van der Waals surface area contributed by atoms with Crippen LogP contribution in [0.3, 0.4) is 0 Å². The van der Waals surface area contributed by atoms with E-state index in [1.54, 1.807) is 18.2 Å². The van der Waals surface area contributed by atoms with Crippen molar-refractivity contribution in [3.8, 4) is 0 Å². The summed E-state index contributed by atoms with van der Waals surface area (Å²) in [5.74, 6) is -1.43. The summed E-state index contributed by atoms with van der Waals surface area (Å²) < 4.78 is 4.88. The molecule has 0 saturated heterocycles. The van der Waals surface area contributed by atoms with E-state index in [-0.39, 0.29) is 16.6 Å². The molecule has 1 rings (SSSR count). The summed E-state index contributed by atoms with van der Waals surface area (Å²) >= 11 is 7.40. The fourth-order valence-corrected chi connectivity index (χ4v) is 2.16. The summed E-state index contributed by atoms with van der Waals surface area (Å²) in [5, 5.41) is 4.89. The maximum absolute atomic E-state index is 12.0. The first-order chi connectivity index (χ1) is 10.9. The third kappa shape index (κ3) is 6.50. The molecule has 6 nitrogen and oxygen atoms in total. The Hall–Kier alpha value is -1.73. The van der Waals surface area contributed by atoms with Crippen LogP contribution in [0.15, 0.2) is 23.1 Å². The fraction of sp³-hybridized carbons (Fsp3) is 0.400. The van der Waals surface area contributed by atoms with Crippen LogP contribution < -0.4 is 10.6 Å². The number of rotatable bonds is 6. The number of ether oxygens (including phenoxy) is 1. The van der Waals surface area contributed by atoms with E-state index in [4.69, 9.17) is 16.3 Å². The first-order valence-corrected chi connectivity index (χ1v) is 8.58. The first kappa shape index (κ1) is 19.3. The highest BCUT2D eigenvalue weighted by Gasteiger charge is 2.16. The molecule has 2 N–H and O–H groups in total. The molecular weight excluding hydrogens is 340 g/mol. The van der Waals surface area contributed by atoms with Crippen LogP contribution in [0.1, 0.15) is 30.6 Å². The van der Waals surface area contributed by atoms with Gasteiger partial charge in [-0.1, -0.05) is 18.5 Å². The molecule has 0 bridgehead atoms. The molecule has 8 heteroatoms.